The van der Waals surface area contributed by atoms with Gasteiger partial charge in [0, 0.05) is 18.3 Å². The minimum atomic E-state index is -3.10. The second-order valence-electron chi connectivity index (χ2n) is 5.16. The third kappa shape index (κ3) is 3.48. The van der Waals surface area contributed by atoms with Gasteiger partial charge in [-0.15, -0.1) is 0 Å². The van der Waals surface area contributed by atoms with Crippen molar-refractivity contribution in [3.63, 3.8) is 0 Å². The van der Waals surface area contributed by atoms with E-state index in [0.29, 0.717) is 16.9 Å². The van der Waals surface area contributed by atoms with Crippen LogP contribution in [0.3, 0.4) is 0 Å². The third-order valence-electron chi connectivity index (χ3n) is 3.88. The van der Waals surface area contributed by atoms with E-state index in [1.807, 2.05) is 12.1 Å². The predicted octanol–water partition coefficient (Wildman–Crippen LogP) is 2.02. The van der Waals surface area contributed by atoms with E-state index in [1.54, 1.807) is 19.1 Å². The molecule has 1 aliphatic carbocycles. The number of hydrogen-bond donors (Lipinski definition) is 2. The maximum absolute atomic E-state index is 11.7. The molecule has 106 valence electrons. The molecule has 2 rings (SSSR count). The molecule has 1 aliphatic rings. The Kier molecular flexibility index (Phi) is 4.47. The monoisotopic (exact) mass is 282 g/mol. The molecule has 1 aromatic rings. The minimum absolute atomic E-state index is 0.136. The lowest BCUT2D eigenvalue weighted by molar-refractivity contribution is 0.505. The van der Waals surface area contributed by atoms with E-state index in [9.17, 15) is 8.42 Å². The van der Waals surface area contributed by atoms with Crippen LogP contribution in [0.15, 0.2) is 29.2 Å². The van der Waals surface area contributed by atoms with Crippen molar-refractivity contribution in [1.29, 1.82) is 0 Å². The number of benzene rings is 1. The Morgan fingerprint density at radius 3 is 2.47 bits per heavy atom. The van der Waals surface area contributed by atoms with Gasteiger partial charge in [-0.05, 0) is 43.0 Å². The smallest absolute Gasteiger partial charge is 0.178 e. The molecule has 1 fully saturated rings. The van der Waals surface area contributed by atoms with E-state index in [0.717, 1.165) is 18.7 Å². The molecule has 0 heterocycles. The van der Waals surface area contributed by atoms with Gasteiger partial charge in [0.05, 0.1) is 10.6 Å². The van der Waals surface area contributed by atoms with Crippen LogP contribution in [-0.2, 0) is 9.84 Å². The first kappa shape index (κ1) is 14.3. The van der Waals surface area contributed by atoms with Gasteiger partial charge in [-0.2, -0.15) is 0 Å². The quantitative estimate of drug-likeness (QED) is 0.866. The van der Waals surface area contributed by atoms with E-state index in [-0.39, 0.29) is 5.75 Å². The lowest BCUT2D eigenvalue weighted by Gasteiger charge is -2.16. The molecule has 0 bridgehead atoms. The number of nitrogens with one attached hydrogen (secondary N) is 1. The molecule has 1 aromatic carbocycles. The van der Waals surface area contributed by atoms with Crippen molar-refractivity contribution in [3.05, 3.63) is 24.3 Å². The van der Waals surface area contributed by atoms with Crippen LogP contribution >= 0.6 is 0 Å². The maximum atomic E-state index is 11.7. The van der Waals surface area contributed by atoms with Crippen LogP contribution in [-0.4, -0.2) is 26.8 Å². The Morgan fingerprint density at radius 1 is 1.26 bits per heavy atom. The average Bonchev–Trinajstić information content (AvgIpc) is 2.82. The van der Waals surface area contributed by atoms with E-state index >= 15 is 0 Å². The molecule has 0 aromatic heterocycles. The summed E-state index contributed by atoms with van der Waals surface area (Å²) < 4.78 is 23.4. The third-order valence-corrected chi connectivity index (χ3v) is 5.63. The summed E-state index contributed by atoms with van der Waals surface area (Å²) in [7, 11) is -3.10. The molecule has 1 saturated carbocycles. The van der Waals surface area contributed by atoms with Crippen LogP contribution in [0.2, 0.25) is 0 Å². The van der Waals surface area contributed by atoms with E-state index in [2.05, 4.69) is 5.32 Å². The molecule has 0 amide bonds. The summed E-state index contributed by atoms with van der Waals surface area (Å²) >= 11 is 0. The fourth-order valence-corrected chi connectivity index (χ4v) is 3.40. The van der Waals surface area contributed by atoms with Crippen molar-refractivity contribution in [2.75, 3.05) is 17.6 Å². The van der Waals surface area contributed by atoms with Crippen LogP contribution < -0.4 is 11.1 Å². The zero-order valence-corrected chi connectivity index (χ0v) is 12.1. The SMILES string of the molecule is CCS(=O)(=O)c1ccc(NCC2CCCC2N)cc1. The number of sulfone groups is 1. The number of rotatable bonds is 5. The highest BCUT2D eigenvalue weighted by molar-refractivity contribution is 7.91. The molecule has 4 nitrogen and oxygen atoms in total. The fourth-order valence-electron chi connectivity index (χ4n) is 2.51. The first-order chi connectivity index (χ1) is 9.03. The fraction of sp³-hybridized carbons (Fsp3) is 0.571. The molecule has 5 heteroatoms. The van der Waals surface area contributed by atoms with Crippen LogP contribution in [0, 0.1) is 5.92 Å². The highest BCUT2D eigenvalue weighted by Crippen LogP contribution is 2.24. The van der Waals surface area contributed by atoms with E-state index < -0.39 is 9.84 Å². The van der Waals surface area contributed by atoms with Gasteiger partial charge >= 0.3 is 0 Å². The van der Waals surface area contributed by atoms with Crippen LogP contribution in [0.25, 0.3) is 0 Å². The van der Waals surface area contributed by atoms with Crippen LogP contribution in [0.5, 0.6) is 0 Å². The maximum Gasteiger partial charge on any atom is 0.178 e. The minimum Gasteiger partial charge on any atom is -0.385 e. The Labute approximate surface area is 115 Å². The topological polar surface area (TPSA) is 72.2 Å². The zero-order valence-electron chi connectivity index (χ0n) is 11.3. The lowest BCUT2D eigenvalue weighted by Crippen LogP contribution is -2.29. The van der Waals surface area contributed by atoms with Gasteiger partial charge in [0.1, 0.15) is 0 Å². The summed E-state index contributed by atoms with van der Waals surface area (Å²) in [5.74, 6) is 0.663. The predicted molar refractivity (Wildman–Crippen MR) is 78.0 cm³/mol. The molecule has 0 saturated heterocycles. The van der Waals surface area contributed by atoms with Gasteiger partial charge in [0.25, 0.3) is 0 Å². The number of nitrogens with two attached hydrogens (primary N) is 1. The summed E-state index contributed by atoms with van der Waals surface area (Å²) in [5, 5.41) is 3.34. The summed E-state index contributed by atoms with van der Waals surface area (Å²) in [5.41, 5.74) is 6.98. The van der Waals surface area contributed by atoms with Crippen molar-refractivity contribution in [2.24, 2.45) is 11.7 Å². The average molecular weight is 282 g/mol. The number of hydrogen-bond acceptors (Lipinski definition) is 4. The van der Waals surface area contributed by atoms with Gasteiger partial charge in [-0.25, -0.2) is 8.42 Å². The molecule has 0 spiro atoms. The Bertz CT molecular complexity index is 511. The summed E-state index contributed by atoms with van der Waals surface area (Å²) in [6.07, 6.45) is 3.50. The summed E-state index contributed by atoms with van der Waals surface area (Å²) in [6, 6.07) is 7.27. The number of anilines is 1. The summed E-state index contributed by atoms with van der Waals surface area (Å²) in [4.78, 5) is 0.387. The van der Waals surface area contributed by atoms with Crippen LogP contribution in [0.4, 0.5) is 5.69 Å². The van der Waals surface area contributed by atoms with Gasteiger partial charge in [0.2, 0.25) is 0 Å². The zero-order chi connectivity index (χ0) is 13.9. The highest BCUT2D eigenvalue weighted by atomic mass is 32.2. The van der Waals surface area contributed by atoms with Gasteiger partial charge in [0.15, 0.2) is 9.84 Å². The second kappa shape index (κ2) is 5.92. The van der Waals surface area contributed by atoms with Gasteiger partial charge < -0.3 is 11.1 Å². The molecule has 19 heavy (non-hydrogen) atoms. The van der Waals surface area contributed by atoms with Crippen molar-refractivity contribution in [1.82, 2.24) is 0 Å². The van der Waals surface area contributed by atoms with Crippen molar-refractivity contribution in [2.45, 2.75) is 37.1 Å². The van der Waals surface area contributed by atoms with Crippen molar-refractivity contribution >= 4 is 15.5 Å². The standard InChI is InChI=1S/C14H22N2O2S/c1-2-19(17,18)13-8-6-12(7-9-13)16-10-11-4-3-5-14(11)15/h6-9,11,14,16H,2-5,10,15H2,1H3. The normalized spacial score (nSPS) is 23.5. The first-order valence-electron chi connectivity index (χ1n) is 6.85. The molecule has 2 atom stereocenters. The Balaban J connectivity index is 1.96. The van der Waals surface area contributed by atoms with Crippen molar-refractivity contribution in [3.8, 4) is 0 Å². The first-order valence-corrected chi connectivity index (χ1v) is 8.50. The molecular weight excluding hydrogens is 260 g/mol. The highest BCUT2D eigenvalue weighted by Gasteiger charge is 2.23. The Morgan fingerprint density at radius 2 is 1.95 bits per heavy atom. The van der Waals surface area contributed by atoms with Crippen LogP contribution in [0.1, 0.15) is 26.2 Å². The molecule has 3 N–H and O–H groups in total. The van der Waals surface area contributed by atoms with Gasteiger partial charge in [-0.1, -0.05) is 13.3 Å². The molecule has 0 aliphatic heterocycles. The van der Waals surface area contributed by atoms with E-state index in [1.165, 1.54) is 12.8 Å². The Hall–Kier alpha value is -1.07. The van der Waals surface area contributed by atoms with Crippen molar-refractivity contribution < 1.29 is 8.42 Å². The molecule has 2 unspecified atom stereocenters. The molecular formula is C14H22N2O2S. The van der Waals surface area contributed by atoms with E-state index in [4.69, 9.17) is 5.73 Å². The largest absolute Gasteiger partial charge is 0.385 e. The lowest BCUT2D eigenvalue weighted by atomic mass is 10.0. The molecule has 0 radical (unpaired) electrons. The summed E-state index contributed by atoms with van der Waals surface area (Å²) in [6.45, 7) is 2.52. The van der Waals surface area contributed by atoms with Gasteiger partial charge in [-0.3, -0.25) is 0 Å². The second-order valence-corrected chi connectivity index (χ2v) is 7.44.